The first-order valence-electron chi connectivity index (χ1n) is 11.4. The van der Waals surface area contributed by atoms with E-state index in [4.69, 9.17) is 4.74 Å². The normalized spacial score (nSPS) is 14.2. The number of aliphatic carboxylic acids is 1. The number of hydrogen-bond acceptors (Lipinski definition) is 4. The van der Waals surface area contributed by atoms with Crippen LogP contribution in [0.25, 0.3) is 11.1 Å². The van der Waals surface area contributed by atoms with Crippen molar-refractivity contribution in [3.05, 3.63) is 59.7 Å². The smallest absolute Gasteiger partial charge is 0.407 e. The first kappa shape index (κ1) is 24.3. The van der Waals surface area contributed by atoms with Gasteiger partial charge in [0, 0.05) is 24.9 Å². The van der Waals surface area contributed by atoms with Crippen LogP contribution in [0.3, 0.4) is 0 Å². The number of rotatable bonds is 10. The van der Waals surface area contributed by atoms with E-state index in [1.807, 2.05) is 38.1 Å². The van der Waals surface area contributed by atoms with Gasteiger partial charge in [-0.1, -0.05) is 62.4 Å². The highest BCUT2D eigenvalue weighted by Gasteiger charge is 2.29. The molecule has 176 valence electrons. The third-order valence-corrected chi connectivity index (χ3v) is 5.85. The fraction of sp³-hybridized carbons (Fsp3) is 0.423. The lowest BCUT2D eigenvalue weighted by Crippen LogP contribution is -2.40. The first-order valence-corrected chi connectivity index (χ1v) is 11.4. The van der Waals surface area contributed by atoms with Gasteiger partial charge in [-0.25, -0.2) is 4.79 Å². The average Bonchev–Trinajstić information content (AvgIpc) is 3.08. The van der Waals surface area contributed by atoms with Crippen molar-refractivity contribution < 1.29 is 24.2 Å². The van der Waals surface area contributed by atoms with Crippen LogP contribution in [0.5, 0.6) is 0 Å². The van der Waals surface area contributed by atoms with Crippen LogP contribution in [0.1, 0.15) is 50.7 Å². The maximum atomic E-state index is 12.3. The van der Waals surface area contributed by atoms with Gasteiger partial charge in [0.1, 0.15) is 6.61 Å². The lowest BCUT2D eigenvalue weighted by atomic mass is 9.97. The first-order chi connectivity index (χ1) is 15.8. The van der Waals surface area contributed by atoms with Crippen LogP contribution < -0.4 is 10.6 Å². The molecule has 0 bridgehead atoms. The lowest BCUT2D eigenvalue weighted by Gasteiger charge is -2.18. The highest BCUT2D eigenvalue weighted by atomic mass is 16.5. The van der Waals surface area contributed by atoms with Crippen LogP contribution in [0, 0.1) is 11.8 Å². The molecule has 3 N–H and O–H groups in total. The molecule has 0 heterocycles. The van der Waals surface area contributed by atoms with Crippen LogP contribution >= 0.6 is 0 Å². The maximum Gasteiger partial charge on any atom is 0.407 e. The second-order valence-electron chi connectivity index (χ2n) is 9.04. The molecule has 0 aromatic heterocycles. The summed E-state index contributed by atoms with van der Waals surface area (Å²) in [4.78, 5) is 35.9. The minimum absolute atomic E-state index is 0.0318. The van der Waals surface area contributed by atoms with E-state index in [0.717, 1.165) is 22.3 Å². The van der Waals surface area contributed by atoms with Crippen LogP contribution in [-0.2, 0) is 14.3 Å². The third-order valence-electron chi connectivity index (χ3n) is 5.85. The number of alkyl carbamates (subject to hydrolysis) is 1. The number of carboxylic acids is 1. The molecule has 0 fully saturated rings. The summed E-state index contributed by atoms with van der Waals surface area (Å²) in [5, 5.41) is 14.6. The van der Waals surface area contributed by atoms with Crippen LogP contribution in [-0.4, -0.2) is 42.3 Å². The molecule has 2 aromatic carbocycles. The Hall–Kier alpha value is -3.35. The Balaban J connectivity index is 1.47. The van der Waals surface area contributed by atoms with Crippen molar-refractivity contribution >= 4 is 18.0 Å². The van der Waals surface area contributed by atoms with Crippen molar-refractivity contribution in [1.82, 2.24) is 10.6 Å². The van der Waals surface area contributed by atoms with Gasteiger partial charge in [-0.15, -0.1) is 0 Å². The van der Waals surface area contributed by atoms with Crippen LogP contribution in [0.2, 0.25) is 0 Å². The topological polar surface area (TPSA) is 105 Å². The van der Waals surface area contributed by atoms with Gasteiger partial charge >= 0.3 is 12.1 Å². The van der Waals surface area contributed by atoms with E-state index in [9.17, 15) is 19.5 Å². The zero-order chi connectivity index (χ0) is 24.0. The predicted molar refractivity (Wildman–Crippen MR) is 126 cm³/mol. The van der Waals surface area contributed by atoms with Gasteiger partial charge < -0.3 is 20.5 Å². The second-order valence-corrected chi connectivity index (χ2v) is 9.04. The van der Waals surface area contributed by atoms with Gasteiger partial charge in [-0.05, 0) is 41.5 Å². The standard InChI is InChI=1S/C26H32N2O5/c1-16(2)12-18(25(30)31)14-27-24(29)13-17(3)28-26(32)33-15-23-21-10-6-4-8-19(21)20-9-5-7-11-22(20)23/h4-11,16-18,23H,12-15H2,1-3H3,(H,27,29)(H,28,32)(H,30,31). The monoisotopic (exact) mass is 452 g/mol. The lowest BCUT2D eigenvalue weighted by molar-refractivity contribution is -0.142. The summed E-state index contributed by atoms with van der Waals surface area (Å²) in [5.41, 5.74) is 4.58. The van der Waals surface area contributed by atoms with Gasteiger partial charge in [-0.2, -0.15) is 0 Å². The Bertz CT molecular complexity index is 958. The van der Waals surface area contributed by atoms with Gasteiger partial charge in [0.05, 0.1) is 5.92 Å². The van der Waals surface area contributed by atoms with Gasteiger partial charge in [0.2, 0.25) is 5.91 Å². The molecule has 1 aliphatic carbocycles. The number of carboxylic acid groups (broad SMARTS) is 1. The van der Waals surface area contributed by atoms with Gasteiger partial charge in [-0.3, -0.25) is 9.59 Å². The number of amides is 2. The zero-order valence-electron chi connectivity index (χ0n) is 19.3. The maximum absolute atomic E-state index is 12.3. The molecule has 2 aromatic rings. The number of nitrogens with one attached hydrogen (secondary N) is 2. The zero-order valence-corrected chi connectivity index (χ0v) is 19.3. The van der Waals surface area contributed by atoms with Crippen molar-refractivity contribution in [3.63, 3.8) is 0 Å². The Labute approximate surface area is 194 Å². The molecule has 1 aliphatic rings. The summed E-state index contributed by atoms with van der Waals surface area (Å²) in [7, 11) is 0. The fourth-order valence-corrected chi connectivity index (χ4v) is 4.32. The largest absolute Gasteiger partial charge is 0.481 e. The highest BCUT2D eigenvalue weighted by molar-refractivity contribution is 5.80. The summed E-state index contributed by atoms with van der Waals surface area (Å²) in [6.45, 7) is 5.87. The van der Waals surface area contributed by atoms with Crippen molar-refractivity contribution in [1.29, 1.82) is 0 Å². The predicted octanol–water partition coefficient (Wildman–Crippen LogP) is 4.17. The number of benzene rings is 2. The molecule has 2 unspecified atom stereocenters. The van der Waals surface area contributed by atoms with E-state index in [1.54, 1.807) is 6.92 Å². The minimum Gasteiger partial charge on any atom is -0.481 e. The molecule has 3 rings (SSSR count). The van der Waals surface area contributed by atoms with E-state index >= 15 is 0 Å². The van der Waals surface area contributed by atoms with Crippen LogP contribution in [0.15, 0.2) is 48.5 Å². The molecule has 0 spiro atoms. The van der Waals surface area contributed by atoms with E-state index in [0.29, 0.717) is 6.42 Å². The molecule has 7 nitrogen and oxygen atoms in total. The molecule has 2 amide bonds. The minimum atomic E-state index is -0.922. The number of hydrogen-bond donors (Lipinski definition) is 3. The molecule has 0 aliphatic heterocycles. The Kier molecular flexibility index (Phi) is 8.09. The molecule has 0 radical (unpaired) electrons. The van der Waals surface area contributed by atoms with Crippen molar-refractivity contribution in [2.24, 2.45) is 11.8 Å². The second kappa shape index (κ2) is 11.0. The Morgan fingerprint density at radius 3 is 2.09 bits per heavy atom. The van der Waals surface area contributed by atoms with E-state index in [-0.39, 0.29) is 37.3 Å². The summed E-state index contributed by atoms with van der Waals surface area (Å²) in [6, 6.07) is 15.8. The quantitative estimate of drug-likeness (QED) is 0.502. The Morgan fingerprint density at radius 1 is 0.970 bits per heavy atom. The number of fused-ring (bicyclic) bond motifs is 3. The fourth-order valence-electron chi connectivity index (χ4n) is 4.32. The number of carbonyl (C=O) groups is 3. The summed E-state index contributed by atoms with van der Waals surface area (Å²) >= 11 is 0. The van der Waals surface area contributed by atoms with Crippen molar-refractivity contribution in [2.45, 2.75) is 45.6 Å². The van der Waals surface area contributed by atoms with E-state index < -0.39 is 24.0 Å². The number of carbonyl (C=O) groups excluding carboxylic acids is 2. The van der Waals surface area contributed by atoms with E-state index in [1.165, 1.54) is 0 Å². The van der Waals surface area contributed by atoms with Crippen molar-refractivity contribution in [3.8, 4) is 11.1 Å². The van der Waals surface area contributed by atoms with Gasteiger partial charge in [0.15, 0.2) is 0 Å². The summed E-state index contributed by atoms with van der Waals surface area (Å²) in [5.74, 6) is -1.67. The average molecular weight is 453 g/mol. The summed E-state index contributed by atoms with van der Waals surface area (Å²) < 4.78 is 5.51. The van der Waals surface area contributed by atoms with Gasteiger partial charge in [0.25, 0.3) is 0 Å². The van der Waals surface area contributed by atoms with E-state index in [2.05, 4.69) is 34.9 Å². The Morgan fingerprint density at radius 2 is 1.55 bits per heavy atom. The molecule has 2 atom stereocenters. The number of ether oxygens (including phenoxy) is 1. The highest BCUT2D eigenvalue weighted by Crippen LogP contribution is 2.44. The molecular weight excluding hydrogens is 420 g/mol. The third kappa shape index (κ3) is 6.34. The summed E-state index contributed by atoms with van der Waals surface area (Å²) in [6.07, 6.45) is -0.0538. The molecule has 7 heteroatoms. The molecule has 33 heavy (non-hydrogen) atoms. The molecule has 0 saturated heterocycles. The van der Waals surface area contributed by atoms with Crippen LogP contribution in [0.4, 0.5) is 4.79 Å². The molecule has 0 saturated carbocycles. The molecular formula is C26H32N2O5. The SMILES string of the molecule is CC(C)CC(CNC(=O)CC(C)NC(=O)OCC1c2ccccc2-c2ccccc21)C(=O)O. The van der Waals surface area contributed by atoms with Crippen molar-refractivity contribution in [2.75, 3.05) is 13.2 Å².